The minimum absolute atomic E-state index is 0.250. The monoisotopic (exact) mass is 379 g/mol. The molecule has 142 valence electrons. The summed E-state index contributed by atoms with van der Waals surface area (Å²) in [6.07, 6.45) is 5.79. The van der Waals surface area contributed by atoms with Crippen molar-refractivity contribution in [1.29, 1.82) is 0 Å². The number of fused-ring (bicyclic) bond motifs is 2. The van der Waals surface area contributed by atoms with Crippen LogP contribution in [0.25, 0.3) is 16.9 Å². The fraction of sp³-hybridized carbons (Fsp3) is 0.263. The molecule has 5 rings (SSSR count). The average Bonchev–Trinajstić information content (AvgIpc) is 3.46. The van der Waals surface area contributed by atoms with E-state index in [1.54, 1.807) is 29.2 Å². The molecule has 0 saturated carbocycles. The predicted molar refractivity (Wildman–Crippen MR) is 101 cm³/mol. The molecule has 3 aromatic heterocycles. The SMILES string of the molecule is CCn1nccc1-c1cnc(NCc2c(F)ccc3c2CCO3)n2cnnc12. The standard InChI is InChI=1S/C19H18FN7O/c1-2-27-16(5-7-24-27)14-10-22-19(26-11-23-25-18(14)26)21-9-13-12-6-8-28-17(12)4-3-15(13)20/h3-5,7,10-11H,2,6,8-9H2,1H3,(H,21,22). The summed E-state index contributed by atoms with van der Waals surface area (Å²) in [5.41, 5.74) is 3.93. The second kappa shape index (κ2) is 6.59. The second-order valence-electron chi connectivity index (χ2n) is 6.51. The van der Waals surface area contributed by atoms with Crippen LogP contribution >= 0.6 is 0 Å². The molecule has 4 aromatic rings. The number of nitrogens with zero attached hydrogens (tertiary/aromatic N) is 6. The first kappa shape index (κ1) is 16.7. The van der Waals surface area contributed by atoms with Crippen LogP contribution in [0.15, 0.2) is 36.9 Å². The highest BCUT2D eigenvalue weighted by atomic mass is 19.1. The number of anilines is 1. The summed E-state index contributed by atoms with van der Waals surface area (Å²) in [7, 11) is 0. The summed E-state index contributed by atoms with van der Waals surface area (Å²) in [5, 5.41) is 15.8. The summed E-state index contributed by atoms with van der Waals surface area (Å²) in [5.74, 6) is 1.05. The van der Waals surface area contributed by atoms with Gasteiger partial charge < -0.3 is 10.1 Å². The molecule has 0 saturated heterocycles. The molecule has 0 amide bonds. The van der Waals surface area contributed by atoms with E-state index in [1.165, 1.54) is 6.07 Å². The van der Waals surface area contributed by atoms with Crippen LogP contribution in [-0.2, 0) is 19.5 Å². The topological polar surface area (TPSA) is 82.2 Å². The molecule has 28 heavy (non-hydrogen) atoms. The van der Waals surface area contributed by atoms with Crippen LogP contribution in [-0.4, -0.2) is 36.0 Å². The largest absolute Gasteiger partial charge is 0.493 e. The molecule has 0 radical (unpaired) electrons. The Balaban J connectivity index is 1.50. The highest BCUT2D eigenvalue weighted by molar-refractivity contribution is 5.75. The van der Waals surface area contributed by atoms with Gasteiger partial charge in [0, 0.05) is 43.0 Å². The van der Waals surface area contributed by atoms with Gasteiger partial charge in [-0.2, -0.15) is 5.10 Å². The van der Waals surface area contributed by atoms with E-state index >= 15 is 0 Å². The first-order valence-electron chi connectivity index (χ1n) is 9.14. The molecule has 0 spiro atoms. The Morgan fingerprint density at radius 2 is 2.21 bits per heavy atom. The van der Waals surface area contributed by atoms with Crippen LogP contribution in [0, 0.1) is 5.82 Å². The molecule has 8 nitrogen and oxygen atoms in total. The molecule has 1 aromatic carbocycles. The summed E-state index contributed by atoms with van der Waals surface area (Å²) < 4.78 is 23.6. The maximum atomic E-state index is 14.4. The van der Waals surface area contributed by atoms with Crippen LogP contribution in [0.2, 0.25) is 0 Å². The second-order valence-corrected chi connectivity index (χ2v) is 6.51. The molecular formula is C19H18FN7O. The summed E-state index contributed by atoms with van der Waals surface area (Å²) >= 11 is 0. The number of hydrogen-bond donors (Lipinski definition) is 1. The van der Waals surface area contributed by atoms with Crippen LogP contribution in [0.1, 0.15) is 18.1 Å². The Labute approximate surface area is 160 Å². The molecule has 0 aliphatic carbocycles. The lowest BCUT2D eigenvalue weighted by atomic mass is 10.0. The number of rotatable bonds is 5. The van der Waals surface area contributed by atoms with Crippen LogP contribution in [0.5, 0.6) is 5.75 Å². The van der Waals surface area contributed by atoms with E-state index in [0.717, 1.165) is 29.1 Å². The molecule has 0 bridgehead atoms. The fourth-order valence-electron chi connectivity index (χ4n) is 3.62. The smallest absolute Gasteiger partial charge is 0.210 e. The molecule has 1 aliphatic heterocycles. The van der Waals surface area contributed by atoms with E-state index in [1.807, 2.05) is 17.7 Å². The van der Waals surface area contributed by atoms with Crippen molar-refractivity contribution in [3.63, 3.8) is 0 Å². The van der Waals surface area contributed by atoms with E-state index < -0.39 is 0 Å². The van der Waals surface area contributed by atoms with E-state index in [2.05, 4.69) is 25.6 Å². The van der Waals surface area contributed by atoms with E-state index in [4.69, 9.17) is 4.74 Å². The zero-order valence-corrected chi connectivity index (χ0v) is 15.3. The molecule has 9 heteroatoms. The van der Waals surface area contributed by atoms with Crippen LogP contribution in [0.4, 0.5) is 10.3 Å². The van der Waals surface area contributed by atoms with Gasteiger partial charge in [-0.05, 0) is 25.1 Å². The number of aromatic nitrogens is 6. The Morgan fingerprint density at radius 3 is 3.11 bits per heavy atom. The molecule has 1 aliphatic rings. The molecular weight excluding hydrogens is 361 g/mol. The zero-order valence-electron chi connectivity index (χ0n) is 15.3. The van der Waals surface area contributed by atoms with E-state index in [-0.39, 0.29) is 5.82 Å². The third-order valence-electron chi connectivity index (χ3n) is 4.99. The van der Waals surface area contributed by atoms with Crippen molar-refractivity contribution in [2.45, 2.75) is 26.4 Å². The Hall–Kier alpha value is -3.49. The molecule has 0 unspecified atom stereocenters. The van der Waals surface area contributed by atoms with Crippen molar-refractivity contribution in [1.82, 2.24) is 29.4 Å². The lowest BCUT2D eigenvalue weighted by Gasteiger charge is -2.13. The fourth-order valence-corrected chi connectivity index (χ4v) is 3.62. The van der Waals surface area contributed by atoms with Gasteiger partial charge in [-0.1, -0.05) is 0 Å². The van der Waals surface area contributed by atoms with Crippen molar-refractivity contribution in [3.05, 3.63) is 53.9 Å². The highest BCUT2D eigenvalue weighted by Gasteiger charge is 2.20. The number of aryl methyl sites for hydroxylation is 1. The Morgan fingerprint density at radius 1 is 1.29 bits per heavy atom. The number of halogens is 1. The lowest BCUT2D eigenvalue weighted by molar-refractivity contribution is 0.356. The van der Waals surface area contributed by atoms with Crippen molar-refractivity contribution in [2.75, 3.05) is 11.9 Å². The van der Waals surface area contributed by atoms with Crippen LogP contribution in [0.3, 0.4) is 0 Å². The lowest BCUT2D eigenvalue weighted by Crippen LogP contribution is -2.10. The normalized spacial score (nSPS) is 12.9. The molecule has 1 N–H and O–H groups in total. The van der Waals surface area contributed by atoms with E-state index in [0.29, 0.717) is 36.7 Å². The number of hydrogen-bond acceptors (Lipinski definition) is 6. The van der Waals surface area contributed by atoms with Crippen molar-refractivity contribution in [3.8, 4) is 17.0 Å². The van der Waals surface area contributed by atoms with Gasteiger partial charge in [-0.15, -0.1) is 10.2 Å². The zero-order chi connectivity index (χ0) is 19.1. The molecule has 0 fully saturated rings. The maximum Gasteiger partial charge on any atom is 0.210 e. The first-order valence-corrected chi connectivity index (χ1v) is 9.14. The Kier molecular flexibility index (Phi) is 3.92. The highest BCUT2D eigenvalue weighted by Crippen LogP contribution is 2.31. The van der Waals surface area contributed by atoms with Gasteiger partial charge in [0.2, 0.25) is 5.95 Å². The van der Waals surface area contributed by atoms with Gasteiger partial charge in [0.1, 0.15) is 17.9 Å². The summed E-state index contributed by atoms with van der Waals surface area (Å²) in [6.45, 7) is 3.64. The minimum Gasteiger partial charge on any atom is -0.493 e. The molecule has 0 atom stereocenters. The van der Waals surface area contributed by atoms with Gasteiger partial charge in [-0.3, -0.25) is 9.08 Å². The van der Waals surface area contributed by atoms with Gasteiger partial charge in [-0.25, -0.2) is 9.37 Å². The third kappa shape index (κ3) is 2.58. The molecule has 4 heterocycles. The summed E-state index contributed by atoms with van der Waals surface area (Å²) in [4.78, 5) is 4.53. The van der Waals surface area contributed by atoms with Gasteiger partial charge in [0.05, 0.1) is 17.9 Å². The first-order chi connectivity index (χ1) is 13.8. The van der Waals surface area contributed by atoms with Gasteiger partial charge >= 0.3 is 0 Å². The Bertz CT molecular complexity index is 1170. The van der Waals surface area contributed by atoms with Gasteiger partial charge in [0.25, 0.3) is 0 Å². The number of benzene rings is 1. The minimum atomic E-state index is -0.250. The van der Waals surface area contributed by atoms with Crippen molar-refractivity contribution >= 4 is 11.6 Å². The van der Waals surface area contributed by atoms with Crippen LogP contribution < -0.4 is 10.1 Å². The van der Waals surface area contributed by atoms with Gasteiger partial charge in [0.15, 0.2) is 5.65 Å². The maximum absolute atomic E-state index is 14.4. The third-order valence-corrected chi connectivity index (χ3v) is 4.99. The van der Waals surface area contributed by atoms with Crippen molar-refractivity contribution < 1.29 is 9.13 Å². The summed E-state index contributed by atoms with van der Waals surface area (Å²) in [6, 6.07) is 5.05. The number of nitrogens with one attached hydrogen (secondary N) is 1. The average molecular weight is 379 g/mol. The predicted octanol–water partition coefficient (Wildman–Crippen LogP) is 2.69. The van der Waals surface area contributed by atoms with Crippen molar-refractivity contribution in [2.24, 2.45) is 0 Å². The quantitative estimate of drug-likeness (QED) is 0.574. The number of ether oxygens (including phenoxy) is 1. The van der Waals surface area contributed by atoms with E-state index in [9.17, 15) is 4.39 Å².